The minimum Gasteiger partial charge on any atom is -0.367 e. The van der Waals surface area contributed by atoms with E-state index in [9.17, 15) is 9.59 Å². The number of carbonyl (C=O) groups is 2. The van der Waals surface area contributed by atoms with Crippen molar-refractivity contribution in [3.05, 3.63) is 18.3 Å². The van der Waals surface area contributed by atoms with Crippen molar-refractivity contribution in [2.24, 2.45) is 17.8 Å². The van der Waals surface area contributed by atoms with Crippen molar-refractivity contribution in [2.45, 2.75) is 26.2 Å². The lowest BCUT2D eigenvalue weighted by atomic mass is 10.2. The maximum atomic E-state index is 12.1. The molecular formula is C18H24N4O2. The standard InChI is InChI=1S/C18H24N4O2/c1-12-10-15(12)17(23)20-16-5-4-14(11-19-16)21-6-8-22(9-7-21)18(24)13-2-3-13/h4-5,11-13,15H,2-3,6-10H2,1H3,(H,19,20,23)/t12-,15+/m0/s1. The van der Waals surface area contributed by atoms with Crippen LogP contribution in [0.25, 0.3) is 0 Å². The average molecular weight is 328 g/mol. The summed E-state index contributed by atoms with van der Waals surface area (Å²) >= 11 is 0. The van der Waals surface area contributed by atoms with Crippen molar-refractivity contribution in [1.82, 2.24) is 9.88 Å². The molecule has 0 bridgehead atoms. The van der Waals surface area contributed by atoms with E-state index in [-0.39, 0.29) is 11.8 Å². The molecule has 2 saturated carbocycles. The van der Waals surface area contributed by atoms with Gasteiger partial charge in [-0.1, -0.05) is 6.92 Å². The monoisotopic (exact) mass is 328 g/mol. The first kappa shape index (κ1) is 15.4. The van der Waals surface area contributed by atoms with Crippen molar-refractivity contribution in [3.63, 3.8) is 0 Å². The van der Waals surface area contributed by atoms with Crippen LogP contribution in [-0.4, -0.2) is 47.9 Å². The van der Waals surface area contributed by atoms with Gasteiger partial charge in [0.25, 0.3) is 0 Å². The first-order valence-corrected chi connectivity index (χ1v) is 8.92. The van der Waals surface area contributed by atoms with E-state index in [2.05, 4.69) is 22.1 Å². The minimum atomic E-state index is 0.0787. The van der Waals surface area contributed by atoms with Crippen molar-refractivity contribution < 1.29 is 9.59 Å². The number of nitrogens with zero attached hydrogens (tertiary/aromatic N) is 3. The van der Waals surface area contributed by atoms with E-state index >= 15 is 0 Å². The summed E-state index contributed by atoms with van der Waals surface area (Å²) in [4.78, 5) is 32.6. The lowest BCUT2D eigenvalue weighted by molar-refractivity contribution is -0.132. The zero-order chi connectivity index (χ0) is 16.7. The van der Waals surface area contributed by atoms with E-state index in [1.54, 1.807) is 0 Å². The number of piperazine rings is 1. The Kier molecular flexibility index (Phi) is 3.90. The van der Waals surface area contributed by atoms with Gasteiger partial charge < -0.3 is 15.1 Å². The van der Waals surface area contributed by atoms with Gasteiger partial charge >= 0.3 is 0 Å². The predicted octanol–water partition coefficient (Wildman–Crippen LogP) is 1.73. The highest BCUT2D eigenvalue weighted by molar-refractivity contribution is 5.93. The third-order valence-electron chi connectivity index (χ3n) is 5.33. The molecular weight excluding hydrogens is 304 g/mol. The topological polar surface area (TPSA) is 65.5 Å². The van der Waals surface area contributed by atoms with Crippen LogP contribution in [0.2, 0.25) is 0 Å². The van der Waals surface area contributed by atoms with Crippen LogP contribution in [0.4, 0.5) is 11.5 Å². The van der Waals surface area contributed by atoms with Gasteiger partial charge in [0.05, 0.1) is 11.9 Å². The Morgan fingerprint density at radius 3 is 2.42 bits per heavy atom. The van der Waals surface area contributed by atoms with Crippen LogP contribution < -0.4 is 10.2 Å². The molecule has 3 fully saturated rings. The van der Waals surface area contributed by atoms with Gasteiger partial charge in [0, 0.05) is 38.0 Å². The molecule has 0 radical (unpaired) electrons. The number of anilines is 2. The van der Waals surface area contributed by atoms with Crippen LogP contribution in [0.1, 0.15) is 26.2 Å². The molecule has 6 heteroatoms. The summed E-state index contributed by atoms with van der Waals surface area (Å²) in [5.41, 5.74) is 1.05. The lowest BCUT2D eigenvalue weighted by Gasteiger charge is -2.36. The maximum absolute atomic E-state index is 12.1. The van der Waals surface area contributed by atoms with Gasteiger partial charge in [-0.3, -0.25) is 9.59 Å². The number of hydrogen-bond donors (Lipinski definition) is 1. The van der Waals surface area contributed by atoms with Crippen LogP contribution in [0.3, 0.4) is 0 Å². The smallest absolute Gasteiger partial charge is 0.228 e. The highest BCUT2D eigenvalue weighted by Gasteiger charge is 2.39. The summed E-state index contributed by atoms with van der Waals surface area (Å²) in [5, 5.41) is 2.88. The quantitative estimate of drug-likeness (QED) is 0.914. The van der Waals surface area contributed by atoms with Crippen molar-refractivity contribution in [2.75, 3.05) is 36.4 Å². The molecule has 2 atom stereocenters. The minimum absolute atomic E-state index is 0.0787. The molecule has 1 aromatic heterocycles. The highest BCUT2D eigenvalue weighted by atomic mass is 16.2. The van der Waals surface area contributed by atoms with Crippen LogP contribution in [0.5, 0.6) is 0 Å². The average Bonchev–Trinajstić information content (AvgIpc) is 3.51. The molecule has 2 heterocycles. The second-order valence-corrected chi connectivity index (χ2v) is 7.30. The molecule has 1 aliphatic heterocycles. The van der Waals surface area contributed by atoms with Gasteiger partial charge in [0.15, 0.2) is 0 Å². The number of hydrogen-bond acceptors (Lipinski definition) is 4. The van der Waals surface area contributed by atoms with E-state index in [0.29, 0.717) is 23.6 Å². The highest BCUT2D eigenvalue weighted by Crippen LogP contribution is 2.38. The number of rotatable bonds is 4. The molecule has 0 spiro atoms. The fourth-order valence-corrected chi connectivity index (χ4v) is 3.33. The SMILES string of the molecule is C[C@H]1C[C@H]1C(=O)Nc1ccc(N2CCN(C(=O)C3CC3)CC2)cn1. The van der Waals surface area contributed by atoms with E-state index in [1.807, 2.05) is 23.2 Å². The van der Waals surface area contributed by atoms with Gasteiger partial charge in [0.1, 0.15) is 5.82 Å². The van der Waals surface area contributed by atoms with Crippen molar-refractivity contribution in [1.29, 1.82) is 0 Å². The summed E-state index contributed by atoms with van der Waals surface area (Å²) in [7, 11) is 0. The van der Waals surface area contributed by atoms with Crippen LogP contribution in [-0.2, 0) is 9.59 Å². The molecule has 1 saturated heterocycles. The van der Waals surface area contributed by atoms with Gasteiger partial charge in [-0.15, -0.1) is 0 Å². The Bertz CT molecular complexity index is 633. The summed E-state index contributed by atoms with van der Waals surface area (Å²) in [6.45, 7) is 5.34. The Morgan fingerprint density at radius 1 is 1.17 bits per heavy atom. The molecule has 2 aliphatic carbocycles. The zero-order valence-corrected chi connectivity index (χ0v) is 14.1. The molecule has 4 rings (SSSR count). The maximum Gasteiger partial charge on any atom is 0.228 e. The Labute approximate surface area is 142 Å². The van der Waals surface area contributed by atoms with Crippen LogP contribution in [0, 0.1) is 17.8 Å². The molecule has 1 N–H and O–H groups in total. The summed E-state index contributed by atoms with van der Waals surface area (Å²) in [6, 6.07) is 3.86. The molecule has 24 heavy (non-hydrogen) atoms. The Hall–Kier alpha value is -2.11. The number of pyridine rings is 1. The third kappa shape index (κ3) is 3.23. The molecule has 2 amide bonds. The summed E-state index contributed by atoms with van der Waals surface area (Å²) in [6.07, 6.45) is 4.92. The first-order valence-electron chi connectivity index (χ1n) is 8.92. The zero-order valence-electron chi connectivity index (χ0n) is 14.1. The summed E-state index contributed by atoms with van der Waals surface area (Å²) < 4.78 is 0. The molecule has 1 aromatic rings. The Balaban J connectivity index is 1.30. The second-order valence-electron chi connectivity index (χ2n) is 7.30. The van der Waals surface area contributed by atoms with E-state index < -0.39 is 0 Å². The first-order chi connectivity index (χ1) is 11.6. The normalized spacial score (nSPS) is 26.2. The van der Waals surface area contributed by atoms with Crippen molar-refractivity contribution in [3.8, 4) is 0 Å². The number of amides is 2. The molecule has 0 unspecified atom stereocenters. The van der Waals surface area contributed by atoms with Crippen LogP contribution in [0.15, 0.2) is 18.3 Å². The van der Waals surface area contributed by atoms with Crippen LogP contribution >= 0.6 is 0 Å². The van der Waals surface area contributed by atoms with Gasteiger partial charge in [-0.05, 0) is 37.3 Å². The predicted molar refractivity (Wildman–Crippen MR) is 91.7 cm³/mol. The molecule has 6 nitrogen and oxygen atoms in total. The van der Waals surface area contributed by atoms with E-state index in [4.69, 9.17) is 0 Å². The molecule has 3 aliphatic rings. The summed E-state index contributed by atoms with van der Waals surface area (Å²) in [5.74, 6) is 1.98. The van der Waals surface area contributed by atoms with Crippen molar-refractivity contribution >= 4 is 23.3 Å². The number of aromatic nitrogens is 1. The van der Waals surface area contributed by atoms with Gasteiger partial charge in [-0.2, -0.15) is 0 Å². The molecule has 0 aromatic carbocycles. The second kappa shape index (κ2) is 6.07. The van der Waals surface area contributed by atoms with Gasteiger partial charge in [-0.25, -0.2) is 4.98 Å². The molecule has 128 valence electrons. The third-order valence-corrected chi connectivity index (χ3v) is 5.33. The van der Waals surface area contributed by atoms with E-state index in [1.165, 1.54) is 0 Å². The number of nitrogens with one attached hydrogen (secondary N) is 1. The number of carbonyl (C=O) groups excluding carboxylic acids is 2. The largest absolute Gasteiger partial charge is 0.367 e. The van der Waals surface area contributed by atoms with Gasteiger partial charge in [0.2, 0.25) is 11.8 Å². The fourth-order valence-electron chi connectivity index (χ4n) is 3.33. The fraction of sp³-hybridized carbons (Fsp3) is 0.611. The Morgan fingerprint density at radius 2 is 1.88 bits per heavy atom. The van der Waals surface area contributed by atoms with E-state index in [0.717, 1.165) is 51.1 Å². The lowest BCUT2D eigenvalue weighted by Crippen LogP contribution is -2.49.